The van der Waals surface area contributed by atoms with E-state index in [1.807, 2.05) is 55.1 Å². The largest absolute Gasteiger partial charge is 0.507 e. The lowest BCUT2D eigenvalue weighted by molar-refractivity contribution is 0.0730. The van der Waals surface area contributed by atoms with Crippen molar-refractivity contribution >= 4 is 5.91 Å². The molecular weight excluding hydrogens is 438 g/mol. The molecule has 0 aliphatic carbocycles. The molecule has 0 radical (unpaired) electrons. The zero-order valence-electron chi connectivity index (χ0n) is 20.4. The molecule has 1 aliphatic heterocycles. The number of nitrogens with one attached hydrogen (secondary N) is 1. The van der Waals surface area contributed by atoms with Gasteiger partial charge in [0.1, 0.15) is 22.9 Å². The van der Waals surface area contributed by atoms with Crippen molar-refractivity contribution in [3.05, 3.63) is 99.7 Å². The lowest BCUT2D eigenvalue weighted by atomic mass is 9.93. The first-order chi connectivity index (χ1) is 16.9. The van der Waals surface area contributed by atoms with Crippen molar-refractivity contribution in [2.75, 3.05) is 7.11 Å². The fourth-order valence-corrected chi connectivity index (χ4v) is 4.92. The molecule has 5 rings (SSSR count). The standard InChI is InChI=1S/C29H29N3O3/c1-5-19-6-10-21(11-7-19)27-24-25(23-15-17(2)14-18(3)28(23)33)30-31-26(24)29(34)32(27)16-20-8-12-22(35-4)13-9-20/h6-15,27,33H,5,16H2,1-4H3,(H,30,31). The minimum absolute atomic E-state index is 0.108. The normalized spacial score (nSPS) is 14.9. The topological polar surface area (TPSA) is 78.5 Å². The predicted octanol–water partition coefficient (Wildman–Crippen LogP) is 5.72. The number of amides is 1. The molecule has 1 atom stereocenters. The second kappa shape index (κ2) is 8.95. The highest BCUT2D eigenvalue weighted by Crippen LogP contribution is 2.45. The van der Waals surface area contributed by atoms with Crippen molar-refractivity contribution in [3.63, 3.8) is 0 Å². The van der Waals surface area contributed by atoms with E-state index < -0.39 is 0 Å². The van der Waals surface area contributed by atoms with Gasteiger partial charge in [0, 0.05) is 17.7 Å². The molecule has 6 heteroatoms. The molecule has 0 saturated carbocycles. The van der Waals surface area contributed by atoms with Crippen LogP contribution in [0.2, 0.25) is 0 Å². The second-order valence-electron chi connectivity index (χ2n) is 9.12. The summed E-state index contributed by atoms with van der Waals surface area (Å²) in [7, 11) is 1.64. The van der Waals surface area contributed by atoms with Gasteiger partial charge in [0.25, 0.3) is 5.91 Å². The maximum atomic E-state index is 13.7. The minimum atomic E-state index is -0.334. The number of H-pyrrole nitrogens is 1. The third kappa shape index (κ3) is 3.95. The minimum Gasteiger partial charge on any atom is -0.507 e. The van der Waals surface area contributed by atoms with Gasteiger partial charge >= 0.3 is 0 Å². The lowest BCUT2D eigenvalue weighted by Gasteiger charge is -2.27. The number of carbonyl (C=O) groups excluding carboxylic acids is 1. The van der Waals surface area contributed by atoms with E-state index in [2.05, 4.69) is 41.4 Å². The van der Waals surface area contributed by atoms with Gasteiger partial charge in [-0.3, -0.25) is 9.89 Å². The van der Waals surface area contributed by atoms with Crippen LogP contribution < -0.4 is 4.74 Å². The number of aromatic nitrogens is 2. The van der Waals surface area contributed by atoms with Crippen LogP contribution >= 0.6 is 0 Å². The van der Waals surface area contributed by atoms with E-state index in [4.69, 9.17) is 4.74 Å². The van der Waals surface area contributed by atoms with E-state index in [1.165, 1.54) is 5.56 Å². The van der Waals surface area contributed by atoms with Gasteiger partial charge in [-0.25, -0.2) is 0 Å². The summed E-state index contributed by atoms with van der Waals surface area (Å²) >= 11 is 0. The first kappa shape index (κ1) is 22.7. The van der Waals surface area contributed by atoms with Gasteiger partial charge in [-0.1, -0.05) is 49.4 Å². The molecule has 2 heterocycles. The fraction of sp³-hybridized carbons (Fsp3) is 0.241. The zero-order valence-corrected chi connectivity index (χ0v) is 20.4. The molecule has 0 bridgehead atoms. The number of benzene rings is 3. The molecule has 4 aromatic rings. The van der Waals surface area contributed by atoms with Gasteiger partial charge in [0.15, 0.2) is 0 Å². The Kier molecular flexibility index (Phi) is 5.81. The summed E-state index contributed by atoms with van der Waals surface area (Å²) in [5, 5.41) is 18.4. The maximum Gasteiger partial charge on any atom is 0.273 e. The fourth-order valence-electron chi connectivity index (χ4n) is 4.92. The number of hydrogen-bond acceptors (Lipinski definition) is 4. The molecule has 3 aromatic carbocycles. The first-order valence-electron chi connectivity index (χ1n) is 11.8. The molecule has 35 heavy (non-hydrogen) atoms. The first-order valence-corrected chi connectivity index (χ1v) is 11.8. The van der Waals surface area contributed by atoms with Crippen LogP contribution in [0, 0.1) is 13.8 Å². The molecule has 1 aliphatic rings. The number of hydrogen-bond donors (Lipinski definition) is 2. The van der Waals surface area contributed by atoms with E-state index in [1.54, 1.807) is 7.11 Å². The van der Waals surface area contributed by atoms with Crippen LogP contribution in [0.1, 0.15) is 56.8 Å². The Morgan fingerprint density at radius 1 is 1.03 bits per heavy atom. The van der Waals surface area contributed by atoms with E-state index in [0.29, 0.717) is 23.5 Å². The zero-order chi connectivity index (χ0) is 24.7. The molecule has 0 spiro atoms. The molecule has 1 amide bonds. The average Bonchev–Trinajstić information content (AvgIpc) is 3.41. The Hall–Kier alpha value is -4.06. The summed E-state index contributed by atoms with van der Waals surface area (Å²) in [5.74, 6) is 0.851. The highest BCUT2D eigenvalue weighted by atomic mass is 16.5. The number of phenols is 1. The van der Waals surface area contributed by atoms with Crippen LogP contribution in [0.4, 0.5) is 0 Å². The monoisotopic (exact) mass is 467 g/mol. The maximum absolute atomic E-state index is 13.7. The van der Waals surface area contributed by atoms with Crippen LogP contribution in [-0.4, -0.2) is 33.2 Å². The summed E-state index contributed by atoms with van der Waals surface area (Å²) in [4.78, 5) is 15.5. The summed E-state index contributed by atoms with van der Waals surface area (Å²) in [6.45, 7) is 6.43. The van der Waals surface area contributed by atoms with Crippen molar-refractivity contribution in [1.29, 1.82) is 0 Å². The van der Waals surface area contributed by atoms with E-state index in [0.717, 1.165) is 40.0 Å². The van der Waals surface area contributed by atoms with Gasteiger partial charge in [-0.15, -0.1) is 0 Å². The Morgan fingerprint density at radius 3 is 2.37 bits per heavy atom. The summed E-state index contributed by atoms with van der Waals surface area (Å²) < 4.78 is 5.29. The van der Waals surface area contributed by atoms with Crippen molar-refractivity contribution in [3.8, 4) is 22.8 Å². The number of ether oxygens (including phenoxy) is 1. The van der Waals surface area contributed by atoms with E-state index in [9.17, 15) is 9.90 Å². The highest BCUT2D eigenvalue weighted by Gasteiger charge is 2.42. The third-order valence-corrected chi connectivity index (χ3v) is 6.78. The number of aromatic hydroxyl groups is 1. The van der Waals surface area contributed by atoms with Gasteiger partial charge < -0.3 is 14.7 Å². The Labute approximate surface area is 205 Å². The number of aromatic amines is 1. The molecule has 178 valence electrons. The highest BCUT2D eigenvalue weighted by molar-refractivity contribution is 6.00. The smallest absolute Gasteiger partial charge is 0.273 e. The van der Waals surface area contributed by atoms with Crippen LogP contribution in [-0.2, 0) is 13.0 Å². The molecule has 1 unspecified atom stereocenters. The number of aryl methyl sites for hydroxylation is 3. The molecule has 1 aromatic heterocycles. The van der Waals surface area contributed by atoms with E-state index in [-0.39, 0.29) is 17.7 Å². The van der Waals surface area contributed by atoms with Gasteiger partial charge in [0.2, 0.25) is 0 Å². The second-order valence-corrected chi connectivity index (χ2v) is 9.12. The number of rotatable bonds is 6. The average molecular weight is 468 g/mol. The van der Waals surface area contributed by atoms with Crippen LogP contribution in [0.25, 0.3) is 11.3 Å². The number of fused-ring (bicyclic) bond motifs is 1. The van der Waals surface area contributed by atoms with Crippen molar-refractivity contribution < 1.29 is 14.6 Å². The third-order valence-electron chi connectivity index (χ3n) is 6.78. The Balaban J connectivity index is 1.65. The molecule has 6 nitrogen and oxygen atoms in total. The van der Waals surface area contributed by atoms with E-state index >= 15 is 0 Å². The number of nitrogens with zero attached hydrogens (tertiary/aromatic N) is 2. The lowest BCUT2D eigenvalue weighted by Crippen LogP contribution is -2.29. The van der Waals surface area contributed by atoms with Gasteiger partial charge in [0.05, 0.1) is 13.2 Å². The molecule has 0 fully saturated rings. The number of phenolic OH excluding ortho intramolecular Hbond substituents is 1. The van der Waals surface area contributed by atoms with Gasteiger partial charge in [-0.05, 0) is 66.3 Å². The van der Waals surface area contributed by atoms with Gasteiger partial charge in [-0.2, -0.15) is 5.10 Å². The van der Waals surface area contributed by atoms with Crippen molar-refractivity contribution in [1.82, 2.24) is 15.1 Å². The number of methoxy groups -OCH3 is 1. The Morgan fingerprint density at radius 2 is 1.71 bits per heavy atom. The van der Waals surface area contributed by atoms with Crippen LogP contribution in [0.5, 0.6) is 11.5 Å². The quantitative estimate of drug-likeness (QED) is 0.380. The summed E-state index contributed by atoms with van der Waals surface area (Å²) in [6, 6.07) is 19.7. The predicted molar refractivity (Wildman–Crippen MR) is 136 cm³/mol. The van der Waals surface area contributed by atoms with Crippen LogP contribution in [0.3, 0.4) is 0 Å². The molecule has 2 N–H and O–H groups in total. The summed E-state index contributed by atoms with van der Waals surface area (Å²) in [6.07, 6.45) is 0.943. The number of carbonyl (C=O) groups is 1. The Bertz CT molecular complexity index is 1390. The van der Waals surface area contributed by atoms with Crippen molar-refractivity contribution in [2.45, 2.75) is 39.8 Å². The summed E-state index contributed by atoms with van der Waals surface area (Å²) in [5.41, 5.74) is 7.56. The van der Waals surface area contributed by atoms with Crippen LogP contribution in [0.15, 0.2) is 60.7 Å². The SMILES string of the molecule is CCc1ccc(C2c3c(-c4cc(C)cc(C)c4O)n[nH]c3C(=O)N2Cc2ccc(OC)cc2)cc1. The molecule has 0 saturated heterocycles. The van der Waals surface area contributed by atoms with Crippen molar-refractivity contribution in [2.24, 2.45) is 0 Å². The molecular formula is C29H29N3O3.